The van der Waals surface area contributed by atoms with E-state index in [9.17, 15) is 9.59 Å². The van der Waals surface area contributed by atoms with Gasteiger partial charge in [0.15, 0.2) is 0 Å². The minimum absolute atomic E-state index is 0.0388. The van der Waals surface area contributed by atoms with E-state index in [1.165, 1.54) is 24.0 Å². The number of carbonyl (C=O) groups excluding carboxylic acids is 1. The van der Waals surface area contributed by atoms with Crippen molar-refractivity contribution in [2.45, 2.75) is 71.8 Å². The molecule has 2 N–H and O–H groups in total. The van der Waals surface area contributed by atoms with Crippen LogP contribution in [0.1, 0.15) is 65.0 Å². The van der Waals surface area contributed by atoms with Crippen molar-refractivity contribution in [1.29, 1.82) is 0 Å². The van der Waals surface area contributed by atoms with E-state index >= 15 is 0 Å². The van der Waals surface area contributed by atoms with Crippen molar-refractivity contribution in [2.24, 2.45) is 0 Å². The van der Waals surface area contributed by atoms with Gasteiger partial charge in [0.05, 0.1) is 0 Å². The van der Waals surface area contributed by atoms with E-state index < -0.39 is 6.16 Å². The van der Waals surface area contributed by atoms with Crippen molar-refractivity contribution in [3.8, 4) is 28.0 Å². The predicted molar refractivity (Wildman–Crippen MR) is 158 cm³/mol. The summed E-state index contributed by atoms with van der Waals surface area (Å²) in [4.78, 5) is 25.1. The molecule has 3 aromatic rings. The Morgan fingerprint density at radius 1 is 0.974 bits per heavy atom. The van der Waals surface area contributed by atoms with E-state index in [0.29, 0.717) is 18.3 Å². The van der Waals surface area contributed by atoms with Crippen LogP contribution in [0.4, 0.5) is 10.5 Å². The van der Waals surface area contributed by atoms with Gasteiger partial charge in [0.1, 0.15) is 5.75 Å². The zero-order valence-electron chi connectivity index (χ0n) is 23.7. The topological polar surface area (TPSA) is 78.9 Å². The highest BCUT2D eigenvalue weighted by atomic mass is 16.7. The lowest BCUT2D eigenvalue weighted by Crippen LogP contribution is -2.30. The Morgan fingerprint density at radius 3 is 2.23 bits per heavy atom. The summed E-state index contributed by atoms with van der Waals surface area (Å²) in [5.74, 6) is 0.333. The number of benzene rings is 3. The molecule has 0 saturated heterocycles. The fourth-order valence-electron chi connectivity index (χ4n) is 5.03. The quantitative estimate of drug-likeness (QED) is 0.162. The fourth-order valence-corrected chi connectivity index (χ4v) is 5.03. The average molecular weight is 529 g/mol. The lowest BCUT2D eigenvalue weighted by Gasteiger charge is -2.30. The molecule has 3 aromatic carbocycles. The van der Waals surface area contributed by atoms with E-state index in [4.69, 9.17) is 9.84 Å². The highest BCUT2D eigenvalue weighted by molar-refractivity contribution is 5.93. The van der Waals surface area contributed by atoms with Crippen LogP contribution in [0, 0.1) is 0 Å². The number of hydrogen-bond donors (Lipinski definition) is 2. The van der Waals surface area contributed by atoms with E-state index in [-0.39, 0.29) is 11.3 Å². The van der Waals surface area contributed by atoms with Gasteiger partial charge in [-0.05, 0) is 108 Å². The molecular weight excluding hydrogens is 488 g/mol. The predicted octanol–water partition coefficient (Wildman–Crippen LogP) is 7.43. The van der Waals surface area contributed by atoms with Crippen LogP contribution in [0.25, 0.3) is 22.3 Å². The summed E-state index contributed by atoms with van der Waals surface area (Å²) in [5, 5.41) is 12.5. The van der Waals surface area contributed by atoms with Gasteiger partial charge in [0.2, 0.25) is 5.91 Å². The maximum atomic E-state index is 12.4. The smallest absolute Gasteiger partial charge is 0.449 e. The average Bonchev–Trinajstić information content (AvgIpc) is 3.71. The van der Waals surface area contributed by atoms with E-state index in [2.05, 4.69) is 62.5 Å². The van der Waals surface area contributed by atoms with Crippen molar-refractivity contribution >= 4 is 17.7 Å². The molecule has 1 saturated carbocycles. The number of aryl methyl sites for hydroxylation is 1. The molecule has 0 atom stereocenters. The molecule has 0 aromatic heterocycles. The van der Waals surface area contributed by atoms with Gasteiger partial charge in [-0.1, -0.05) is 51.1 Å². The molecule has 0 heterocycles. The van der Waals surface area contributed by atoms with Gasteiger partial charge in [0, 0.05) is 25.2 Å². The van der Waals surface area contributed by atoms with Crippen LogP contribution < -0.4 is 15.0 Å². The molecule has 1 amide bonds. The molecule has 1 aliphatic carbocycles. The number of amides is 1. The lowest BCUT2D eigenvalue weighted by atomic mass is 9.82. The largest absolute Gasteiger partial charge is 0.511 e. The summed E-state index contributed by atoms with van der Waals surface area (Å²) in [6.07, 6.45) is 3.26. The second-order valence-corrected chi connectivity index (χ2v) is 11.3. The normalized spacial score (nSPS) is 13.3. The summed E-state index contributed by atoms with van der Waals surface area (Å²) in [7, 11) is 0. The maximum Gasteiger partial charge on any atom is 0.511 e. The molecular formula is C33H40N2O4. The summed E-state index contributed by atoms with van der Waals surface area (Å²) >= 11 is 0. The Morgan fingerprint density at radius 2 is 1.64 bits per heavy atom. The molecule has 0 spiro atoms. The molecule has 1 fully saturated rings. The number of hydrogen-bond acceptors (Lipinski definition) is 4. The van der Waals surface area contributed by atoms with Crippen molar-refractivity contribution in [2.75, 3.05) is 18.0 Å². The van der Waals surface area contributed by atoms with Crippen LogP contribution in [-0.2, 0) is 16.6 Å². The summed E-state index contributed by atoms with van der Waals surface area (Å²) in [6.45, 7) is 11.8. The van der Waals surface area contributed by atoms with Crippen molar-refractivity contribution < 1.29 is 19.4 Å². The molecule has 0 radical (unpaired) electrons. The number of carbonyl (C=O) groups is 2. The summed E-state index contributed by atoms with van der Waals surface area (Å²) in [5.41, 5.74) is 7.56. The highest BCUT2D eigenvalue weighted by Crippen LogP contribution is 2.38. The van der Waals surface area contributed by atoms with Crippen LogP contribution in [0.2, 0.25) is 0 Å². The summed E-state index contributed by atoms with van der Waals surface area (Å²) < 4.78 is 4.78. The third kappa shape index (κ3) is 7.27. The molecule has 206 valence electrons. The number of anilines is 1. The van der Waals surface area contributed by atoms with Gasteiger partial charge in [-0.2, -0.15) is 0 Å². The monoisotopic (exact) mass is 528 g/mol. The molecule has 0 bridgehead atoms. The lowest BCUT2D eigenvalue weighted by molar-refractivity contribution is -0.116. The van der Waals surface area contributed by atoms with Crippen molar-refractivity contribution in [3.05, 3.63) is 71.8 Å². The molecule has 0 aliphatic heterocycles. The number of nitrogens with zero attached hydrogens (tertiary/aromatic N) is 1. The molecule has 4 rings (SSSR count). The SMILES string of the molecule is CCN(C(C)=O)c1ccc(-c2cc(-c3ccc(OC(=O)O)cc3)ccc2CCCNC2CC2)cc1C(C)(C)C. The number of carboxylic acid groups (broad SMARTS) is 1. The second-order valence-electron chi connectivity index (χ2n) is 11.3. The molecule has 1 aliphatic rings. The zero-order chi connectivity index (χ0) is 28.2. The Bertz CT molecular complexity index is 1320. The minimum Gasteiger partial charge on any atom is -0.449 e. The van der Waals surface area contributed by atoms with Gasteiger partial charge in [-0.3, -0.25) is 4.79 Å². The van der Waals surface area contributed by atoms with Crippen LogP contribution >= 0.6 is 0 Å². The molecule has 0 unspecified atom stereocenters. The molecule has 39 heavy (non-hydrogen) atoms. The Hall–Kier alpha value is -3.64. The van der Waals surface area contributed by atoms with Crippen LogP contribution in [0.3, 0.4) is 0 Å². The van der Waals surface area contributed by atoms with Gasteiger partial charge >= 0.3 is 6.16 Å². The second kappa shape index (κ2) is 12.0. The third-order valence-corrected chi connectivity index (χ3v) is 7.24. The van der Waals surface area contributed by atoms with Gasteiger partial charge in [-0.15, -0.1) is 0 Å². The molecule has 6 nitrogen and oxygen atoms in total. The van der Waals surface area contributed by atoms with E-state index in [1.807, 2.05) is 24.0 Å². The minimum atomic E-state index is -1.32. The third-order valence-electron chi connectivity index (χ3n) is 7.24. The first-order valence-electron chi connectivity index (χ1n) is 13.9. The maximum absolute atomic E-state index is 12.4. The first-order valence-corrected chi connectivity index (χ1v) is 13.9. The van der Waals surface area contributed by atoms with Crippen molar-refractivity contribution in [3.63, 3.8) is 0 Å². The zero-order valence-corrected chi connectivity index (χ0v) is 23.7. The van der Waals surface area contributed by atoms with Crippen LogP contribution in [-0.4, -0.2) is 36.3 Å². The first-order chi connectivity index (χ1) is 18.6. The van der Waals surface area contributed by atoms with Crippen LogP contribution in [0.5, 0.6) is 5.75 Å². The van der Waals surface area contributed by atoms with Gasteiger partial charge in [-0.25, -0.2) is 4.79 Å². The fraction of sp³-hybridized carbons (Fsp3) is 0.394. The first kappa shape index (κ1) is 28.4. The highest BCUT2D eigenvalue weighted by Gasteiger charge is 2.24. The number of ether oxygens (including phenoxy) is 1. The van der Waals surface area contributed by atoms with Crippen molar-refractivity contribution in [1.82, 2.24) is 5.32 Å². The Labute approximate surface area is 232 Å². The Balaban J connectivity index is 1.75. The number of nitrogens with one attached hydrogen (secondary N) is 1. The van der Waals surface area contributed by atoms with Gasteiger partial charge < -0.3 is 20.1 Å². The van der Waals surface area contributed by atoms with Crippen LogP contribution in [0.15, 0.2) is 60.7 Å². The van der Waals surface area contributed by atoms with E-state index in [1.54, 1.807) is 19.1 Å². The molecule has 6 heteroatoms. The summed E-state index contributed by atoms with van der Waals surface area (Å²) in [6, 6.07) is 20.8. The standard InChI is InChI=1S/C33H40N2O4/c1-6-35(22(2)36)31-18-13-26(21-30(31)33(3,4)5)29-20-25(23-11-16-28(17-12-23)39-32(37)38)10-9-24(29)8-7-19-34-27-14-15-27/h9-13,16-18,20-21,27,34H,6-8,14-15,19H2,1-5H3,(H,37,38). The number of rotatable bonds is 10. The van der Waals surface area contributed by atoms with Gasteiger partial charge in [0.25, 0.3) is 0 Å². The Kier molecular flexibility index (Phi) is 8.76. The van der Waals surface area contributed by atoms with E-state index in [0.717, 1.165) is 47.3 Å².